The zero-order valence-electron chi connectivity index (χ0n) is 14.9. The molecule has 0 aliphatic heterocycles. The molecule has 6 heteroatoms. The second-order valence-corrected chi connectivity index (χ2v) is 7.33. The highest BCUT2D eigenvalue weighted by molar-refractivity contribution is 6.30. The van der Waals surface area contributed by atoms with E-state index < -0.39 is 0 Å². The molecule has 2 aromatic heterocycles. The Kier molecular flexibility index (Phi) is 5.21. The van der Waals surface area contributed by atoms with Gasteiger partial charge in [0, 0.05) is 29.0 Å². The first kappa shape index (κ1) is 17.7. The molecule has 27 heavy (non-hydrogen) atoms. The van der Waals surface area contributed by atoms with Gasteiger partial charge in [0.05, 0.1) is 23.1 Å². The number of carbonyl (C=O) groups is 1. The quantitative estimate of drug-likeness (QED) is 0.716. The third-order valence-electron chi connectivity index (χ3n) is 4.94. The largest absolute Gasteiger partial charge is 0.349 e. The molecular weight excluding hydrogens is 360 g/mol. The molecule has 0 bridgehead atoms. The second-order valence-electron chi connectivity index (χ2n) is 6.89. The van der Waals surface area contributed by atoms with Gasteiger partial charge in [-0.3, -0.25) is 9.78 Å². The van der Waals surface area contributed by atoms with E-state index in [2.05, 4.69) is 15.4 Å². The van der Waals surface area contributed by atoms with Crippen molar-refractivity contribution in [2.45, 2.75) is 38.1 Å². The molecule has 4 rings (SSSR count). The fourth-order valence-electron chi connectivity index (χ4n) is 3.40. The molecule has 0 unspecified atom stereocenters. The van der Waals surface area contributed by atoms with Gasteiger partial charge < -0.3 is 5.32 Å². The van der Waals surface area contributed by atoms with E-state index in [1.54, 1.807) is 17.1 Å². The van der Waals surface area contributed by atoms with E-state index in [-0.39, 0.29) is 5.91 Å². The number of benzene rings is 1. The topological polar surface area (TPSA) is 59.8 Å². The standard InChI is InChI=1S/C21H21ClN4O/c22-17-7-9-19(10-8-17)26-14-16(13-24-26)20-11-6-15(12-23-20)21(27)25-18-4-2-1-3-5-18/h6-14,18H,1-5H2,(H,25,27). The monoisotopic (exact) mass is 380 g/mol. The molecule has 1 fully saturated rings. The van der Waals surface area contributed by atoms with Crippen molar-refractivity contribution in [2.75, 3.05) is 0 Å². The molecule has 138 valence electrons. The fourth-order valence-corrected chi connectivity index (χ4v) is 3.53. The van der Waals surface area contributed by atoms with E-state index in [4.69, 9.17) is 11.6 Å². The summed E-state index contributed by atoms with van der Waals surface area (Å²) >= 11 is 5.93. The molecule has 3 aromatic rings. The SMILES string of the molecule is O=C(NC1CCCCC1)c1ccc(-c2cnn(-c3ccc(Cl)cc3)c2)nc1. The Bertz CT molecular complexity index is 912. The maximum Gasteiger partial charge on any atom is 0.253 e. The predicted octanol–water partition coefficient (Wildman–Crippen LogP) is 4.65. The van der Waals surface area contributed by atoms with Crippen LogP contribution in [-0.2, 0) is 0 Å². The minimum atomic E-state index is -0.0437. The highest BCUT2D eigenvalue weighted by Crippen LogP contribution is 2.20. The summed E-state index contributed by atoms with van der Waals surface area (Å²) in [6.07, 6.45) is 11.1. The minimum Gasteiger partial charge on any atom is -0.349 e. The van der Waals surface area contributed by atoms with E-state index in [1.165, 1.54) is 19.3 Å². The van der Waals surface area contributed by atoms with Gasteiger partial charge >= 0.3 is 0 Å². The van der Waals surface area contributed by atoms with Crippen molar-refractivity contribution < 1.29 is 4.79 Å². The molecule has 1 saturated carbocycles. The smallest absolute Gasteiger partial charge is 0.253 e. The Balaban J connectivity index is 1.46. The fraction of sp³-hybridized carbons (Fsp3) is 0.286. The van der Waals surface area contributed by atoms with Gasteiger partial charge in [-0.05, 0) is 49.2 Å². The Morgan fingerprint density at radius 2 is 1.81 bits per heavy atom. The number of carbonyl (C=O) groups excluding carboxylic acids is 1. The van der Waals surface area contributed by atoms with Crippen LogP contribution in [0.25, 0.3) is 16.9 Å². The molecule has 0 radical (unpaired) electrons. The van der Waals surface area contributed by atoms with Gasteiger partial charge in [0.15, 0.2) is 0 Å². The molecule has 1 aliphatic carbocycles. The van der Waals surface area contributed by atoms with Crippen molar-refractivity contribution >= 4 is 17.5 Å². The number of hydrogen-bond donors (Lipinski definition) is 1. The maximum atomic E-state index is 12.4. The molecule has 1 aromatic carbocycles. The lowest BCUT2D eigenvalue weighted by Gasteiger charge is -2.22. The van der Waals surface area contributed by atoms with Crippen LogP contribution in [-0.4, -0.2) is 26.7 Å². The van der Waals surface area contributed by atoms with Crippen LogP contribution in [0.3, 0.4) is 0 Å². The maximum absolute atomic E-state index is 12.4. The molecule has 0 spiro atoms. The first-order chi connectivity index (χ1) is 13.2. The van der Waals surface area contributed by atoms with Crippen molar-refractivity contribution in [3.63, 3.8) is 0 Å². The summed E-state index contributed by atoms with van der Waals surface area (Å²) in [7, 11) is 0. The van der Waals surface area contributed by atoms with Crippen molar-refractivity contribution in [2.24, 2.45) is 0 Å². The summed E-state index contributed by atoms with van der Waals surface area (Å²) in [5, 5.41) is 8.19. The van der Waals surface area contributed by atoms with Gasteiger partial charge in [-0.1, -0.05) is 30.9 Å². The Labute approximate surface area is 163 Å². The predicted molar refractivity (Wildman–Crippen MR) is 106 cm³/mol. The van der Waals surface area contributed by atoms with Crippen LogP contribution in [0.15, 0.2) is 55.0 Å². The third-order valence-corrected chi connectivity index (χ3v) is 5.19. The molecule has 0 atom stereocenters. The van der Waals surface area contributed by atoms with Crippen LogP contribution in [0.5, 0.6) is 0 Å². The van der Waals surface area contributed by atoms with E-state index in [9.17, 15) is 4.79 Å². The van der Waals surface area contributed by atoms with Crippen LogP contribution in [0.4, 0.5) is 0 Å². The highest BCUT2D eigenvalue weighted by atomic mass is 35.5. The third kappa shape index (κ3) is 4.19. The second kappa shape index (κ2) is 7.92. The van der Waals surface area contributed by atoms with Gasteiger partial charge in [0.2, 0.25) is 0 Å². The number of hydrogen-bond acceptors (Lipinski definition) is 3. The highest BCUT2D eigenvalue weighted by Gasteiger charge is 2.17. The number of amides is 1. The van der Waals surface area contributed by atoms with Gasteiger partial charge in [0.25, 0.3) is 5.91 Å². The average Bonchev–Trinajstić information content (AvgIpc) is 3.20. The van der Waals surface area contributed by atoms with Crippen molar-refractivity contribution in [3.8, 4) is 16.9 Å². The van der Waals surface area contributed by atoms with Crippen molar-refractivity contribution in [1.82, 2.24) is 20.1 Å². The zero-order chi connectivity index (χ0) is 18.6. The lowest BCUT2D eigenvalue weighted by atomic mass is 9.95. The molecule has 2 heterocycles. The molecular formula is C21H21ClN4O. The van der Waals surface area contributed by atoms with E-state index in [1.807, 2.05) is 42.6 Å². The lowest BCUT2D eigenvalue weighted by molar-refractivity contribution is 0.0927. The summed E-state index contributed by atoms with van der Waals surface area (Å²) in [5.74, 6) is -0.0437. The molecule has 5 nitrogen and oxygen atoms in total. The molecule has 1 aliphatic rings. The van der Waals surface area contributed by atoms with Crippen molar-refractivity contribution in [3.05, 3.63) is 65.6 Å². The average molecular weight is 381 g/mol. The minimum absolute atomic E-state index is 0.0437. The number of pyridine rings is 1. The van der Waals surface area contributed by atoms with Crippen molar-refractivity contribution in [1.29, 1.82) is 0 Å². The lowest BCUT2D eigenvalue weighted by Crippen LogP contribution is -2.36. The van der Waals surface area contributed by atoms with Crippen LogP contribution in [0.1, 0.15) is 42.5 Å². The Morgan fingerprint density at radius 1 is 1.04 bits per heavy atom. The van der Waals surface area contributed by atoms with Crippen LogP contribution in [0, 0.1) is 0 Å². The number of halogens is 1. The van der Waals surface area contributed by atoms with E-state index >= 15 is 0 Å². The molecule has 0 saturated heterocycles. The Morgan fingerprint density at radius 3 is 2.52 bits per heavy atom. The summed E-state index contributed by atoms with van der Waals surface area (Å²) in [5.41, 5.74) is 3.19. The van der Waals surface area contributed by atoms with Gasteiger partial charge in [-0.15, -0.1) is 0 Å². The van der Waals surface area contributed by atoms with Gasteiger partial charge in [-0.25, -0.2) is 4.68 Å². The Hall–Kier alpha value is -2.66. The van der Waals surface area contributed by atoms with Crippen LogP contribution < -0.4 is 5.32 Å². The number of aromatic nitrogens is 3. The summed E-state index contributed by atoms with van der Waals surface area (Å²) < 4.78 is 1.77. The van der Waals surface area contributed by atoms with Gasteiger partial charge in [-0.2, -0.15) is 5.10 Å². The molecule has 1 N–H and O–H groups in total. The first-order valence-electron chi connectivity index (χ1n) is 9.27. The number of nitrogens with zero attached hydrogens (tertiary/aromatic N) is 3. The number of nitrogens with one attached hydrogen (secondary N) is 1. The summed E-state index contributed by atoms with van der Waals surface area (Å²) in [6, 6.07) is 11.4. The van der Waals surface area contributed by atoms with E-state index in [0.29, 0.717) is 16.6 Å². The summed E-state index contributed by atoms with van der Waals surface area (Å²) in [4.78, 5) is 16.8. The number of rotatable bonds is 4. The van der Waals surface area contributed by atoms with Crippen LogP contribution >= 0.6 is 11.6 Å². The normalized spacial score (nSPS) is 14.9. The first-order valence-corrected chi connectivity index (χ1v) is 9.65. The molecule has 1 amide bonds. The van der Waals surface area contributed by atoms with Gasteiger partial charge in [0.1, 0.15) is 0 Å². The van der Waals surface area contributed by atoms with Crippen LogP contribution in [0.2, 0.25) is 5.02 Å². The zero-order valence-corrected chi connectivity index (χ0v) is 15.7. The summed E-state index contributed by atoms with van der Waals surface area (Å²) in [6.45, 7) is 0. The van der Waals surface area contributed by atoms with E-state index in [0.717, 1.165) is 29.8 Å².